The Hall–Kier alpha value is -1.33. The lowest BCUT2D eigenvalue weighted by atomic mass is 10.2. The first-order valence-corrected chi connectivity index (χ1v) is 7.08. The molecule has 0 amide bonds. The molecule has 0 fully saturated rings. The molecule has 2 rings (SSSR count). The number of hydrogen-bond acceptors (Lipinski definition) is 3. The summed E-state index contributed by atoms with van der Waals surface area (Å²) in [4.78, 5) is 4.32. The smallest absolute Gasteiger partial charge is 0.120 e. The maximum atomic E-state index is 5.80. The number of aromatic nitrogens is 2. The molecule has 1 atom stereocenters. The van der Waals surface area contributed by atoms with Crippen LogP contribution < -0.4 is 10.5 Å². The van der Waals surface area contributed by atoms with Gasteiger partial charge in [-0.25, -0.2) is 4.98 Å². The van der Waals surface area contributed by atoms with Crippen LogP contribution in [0.5, 0.6) is 5.75 Å². The van der Waals surface area contributed by atoms with Crippen LogP contribution in [0.3, 0.4) is 0 Å². The molecule has 19 heavy (non-hydrogen) atoms. The van der Waals surface area contributed by atoms with Crippen molar-refractivity contribution in [2.24, 2.45) is 5.73 Å². The average Bonchev–Trinajstić information content (AvgIpc) is 2.76. The van der Waals surface area contributed by atoms with E-state index in [0.717, 1.165) is 29.0 Å². The minimum absolute atomic E-state index is 0.118. The van der Waals surface area contributed by atoms with Gasteiger partial charge in [-0.1, -0.05) is 22.0 Å². The van der Waals surface area contributed by atoms with Crippen molar-refractivity contribution in [2.75, 3.05) is 6.61 Å². The molecule has 1 aromatic carbocycles. The summed E-state index contributed by atoms with van der Waals surface area (Å²) >= 11 is 3.42. The van der Waals surface area contributed by atoms with Crippen molar-refractivity contribution in [1.82, 2.24) is 9.55 Å². The number of benzene rings is 1. The summed E-state index contributed by atoms with van der Waals surface area (Å²) in [6.07, 6.45) is 4.54. The fourth-order valence-corrected chi connectivity index (χ4v) is 2.22. The van der Waals surface area contributed by atoms with Gasteiger partial charge in [0.2, 0.25) is 0 Å². The van der Waals surface area contributed by atoms with Gasteiger partial charge in [-0.15, -0.1) is 0 Å². The van der Waals surface area contributed by atoms with E-state index in [-0.39, 0.29) is 6.04 Å². The van der Waals surface area contributed by atoms with E-state index in [1.165, 1.54) is 0 Å². The summed E-state index contributed by atoms with van der Waals surface area (Å²) in [6.45, 7) is 3.37. The summed E-state index contributed by atoms with van der Waals surface area (Å²) in [5.41, 5.74) is 5.80. The predicted octanol–water partition coefficient (Wildman–Crippen LogP) is 2.61. The average molecular weight is 324 g/mol. The van der Waals surface area contributed by atoms with Crippen LogP contribution in [-0.4, -0.2) is 22.2 Å². The van der Waals surface area contributed by atoms with Crippen LogP contribution in [0.4, 0.5) is 0 Å². The van der Waals surface area contributed by atoms with E-state index in [0.29, 0.717) is 6.61 Å². The summed E-state index contributed by atoms with van der Waals surface area (Å²) in [5, 5.41) is 0. The zero-order chi connectivity index (χ0) is 13.7. The maximum Gasteiger partial charge on any atom is 0.120 e. The van der Waals surface area contributed by atoms with Crippen LogP contribution >= 0.6 is 15.9 Å². The summed E-state index contributed by atoms with van der Waals surface area (Å²) < 4.78 is 8.81. The molecule has 2 N–H and O–H groups in total. The SMILES string of the molecule is CC(N)Cc1nccn1CCOc1cccc(Br)c1. The molecule has 4 nitrogen and oxygen atoms in total. The Labute approximate surface area is 121 Å². The Balaban J connectivity index is 1.87. The Morgan fingerprint density at radius 1 is 1.47 bits per heavy atom. The standard InChI is InChI=1S/C14H18BrN3O/c1-11(16)9-14-17-5-6-18(14)7-8-19-13-4-2-3-12(15)10-13/h2-6,10-11H,7-9,16H2,1H3. The Bertz CT molecular complexity index is 525. The van der Waals surface area contributed by atoms with Crippen molar-refractivity contribution in [2.45, 2.75) is 25.9 Å². The highest BCUT2D eigenvalue weighted by Crippen LogP contribution is 2.17. The molecule has 102 valence electrons. The Kier molecular flexibility index (Phi) is 4.99. The van der Waals surface area contributed by atoms with Gasteiger partial charge >= 0.3 is 0 Å². The maximum absolute atomic E-state index is 5.80. The third-order valence-corrected chi connectivity index (χ3v) is 3.20. The van der Waals surface area contributed by atoms with Crippen molar-refractivity contribution in [3.05, 3.63) is 47.0 Å². The largest absolute Gasteiger partial charge is 0.492 e. The van der Waals surface area contributed by atoms with E-state index in [1.54, 1.807) is 6.20 Å². The Morgan fingerprint density at radius 3 is 3.05 bits per heavy atom. The van der Waals surface area contributed by atoms with Gasteiger partial charge in [0.25, 0.3) is 0 Å². The molecule has 0 spiro atoms. The fraction of sp³-hybridized carbons (Fsp3) is 0.357. The molecule has 0 radical (unpaired) electrons. The molecule has 0 aliphatic heterocycles. The highest BCUT2D eigenvalue weighted by Gasteiger charge is 2.05. The van der Waals surface area contributed by atoms with Gasteiger partial charge in [-0.05, 0) is 25.1 Å². The molecule has 0 aliphatic carbocycles. The van der Waals surface area contributed by atoms with Gasteiger partial charge in [0.15, 0.2) is 0 Å². The van der Waals surface area contributed by atoms with Crippen LogP contribution in [0.1, 0.15) is 12.7 Å². The molecule has 0 saturated heterocycles. The van der Waals surface area contributed by atoms with E-state index in [9.17, 15) is 0 Å². The number of nitrogens with two attached hydrogens (primary N) is 1. The van der Waals surface area contributed by atoms with Gasteiger partial charge < -0.3 is 15.0 Å². The molecule has 0 bridgehead atoms. The second-order valence-electron chi connectivity index (χ2n) is 4.52. The molecule has 0 saturated carbocycles. The quantitative estimate of drug-likeness (QED) is 0.889. The van der Waals surface area contributed by atoms with Gasteiger partial charge in [0, 0.05) is 29.3 Å². The zero-order valence-corrected chi connectivity index (χ0v) is 12.5. The van der Waals surface area contributed by atoms with E-state index >= 15 is 0 Å². The highest BCUT2D eigenvalue weighted by molar-refractivity contribution is 9.10. The summed E-state index contributed by atoms with van der Waals surface area (Å²) in [7, 11) is 0. The molecule has 1 aromatic heterocycles. The van der Waals surface area contributed by atoms with Crippen molar-refractivity contribution in [3.8, 4) is 5.75 Å². The minimum atomic E-state index is 0.118. The van der Waals surface area contributed by atoms with Gasteiger partial charge in [0.05, 0.1) is 6.54 Å². The van der Waals surface area contributed by atoms with Crippen LogP contribution in [-0.2, 0) is 13.0 Å². The predicted molar refractivity (Wildman–Crippen MR) is 79.2 cm³/mol. The molecule has 0 aliphatic rings. The van der Waals surface area contributed by atoms with Gasteiger partial charge in [-0.2, -0.15) is 0 Å². The van der Waals surface area contributed by atoms with Crippen LogP contribution in [0.2, 0.25) is 0 Å². The van der Waals surface area contributed by atoms with Crippen LogP contribution in [0.15, 0.2) is 41.1 Å². The lowest BCUT2D eigenvalue weighted by Gasteiger charge is -2.11. The first-order valence-electron chi connectivity index (χ1n) is 6.29. The van der Waals surface area contributed by atoms with Crippen LogP contribution in [0.25, 0.3) is 0 Å². The number of nitrogens with zero attached hydrogens (tertiary/aromatic N) is 2. The summed E-state index contributed by atoms with van der Waals surface area (Å²) in [5.74, 6) is 1.87. The highest BCUT2D eigenvalue weighted by atomic mass is 79.9. The van der Waals surface area contributed by atoms with E-state index in [2.05, 4.69) is 25.5 Å². The number of ether oxygens (including phenoxy) is 1. The number of hydrogen-bond donors (Lipinski definition) is 1. The number of halogens is 1. The van der Waals surface area contributed by atoms with Crippen molar-refractivity contribution < 1.29 is 4.74 Å². The van der Waals surface area contributed by atoms with Gasteiger partial charge in [-0.3, -0.25) is 0 Å². The van der Waals surface area contributed by atoms with Crippen LogP contribution in [0, 0.1) is 0 Å². The lowest BCUT2D eigenvalue weighted by molar-refractivity contribution is 0.296. The molecule has 5 heteroatoms. The van der Waals surface area contributed by atoms with Crippen molar-refractivity contribution in [1.29, 1.82) is 0 Å². The van der Waals surface area contributed by atoms with Crippen molar-refractivity contribution in [3.63, 3.8) is 0 Å². The number of imidazole rings is 1. The van der Waals surface area contributed by atoms with Crippen molar-refractivity contribution >= 4 is 15.9 Å². The van der Waals surface area contributed by atoms with Gasteiger partial charge in [0.1, 0.15) is 18.2 Å². The lowest BCUT2D eigenvalue weighted by Crippen LogP contribution is -2.21. The third-order valence-electron chi connectivity index (χ3n) is 2.70. The third kappa shape index (κ3) is 4.36. The molecular formula is C14H18BrN3O. The topological polar surface area (TPSA) is 53.1 Å². The second-order valence-corrected chi connectivity index (χ2v) is 5.44. The molecule has 2 aromatic rings. The van der Waals surface area contributed by atoms with E-state index < -0.39 is 0 Å². The first-order chi connectivity index (χ1) is 9.15. The minimum Gasteiger partial charge on any atom is -0.492 e. The normalized spacial score (nSPS) is 12.4. The zero-order valence-electron chi connectivity index (χ0n) is 10.9. The monoisotopic (exact) mass is 323 g/mol. The second kappa shape index (κ2) is 6.73. The van der Waals surface area contributed by atoms with E-state index in [4.69, 9.17) is 10.5 Å². The Morgan fingerprint density at radius 2 is 2.32 bits per heavy atom. The first kappa shape index (κ1) is 14.1. The summed E-state index contributed by atoms with van der Waals surface area (Å²) in [6, 6.07) is 7.95. The number of rotatable bonds is 6. The molecule has 1 unspecified atom stereocenters. The van der Waals surface area contributed by atoms with E-state index in [1.807, 2.05) is 37.4 Å². The molecular weight excluding hydrogens is 306 g/mol. The fourth-order valence-electron chi connectivity index (χ4n) is 1.84. The molecule has 1 heterocycles.